The summed E-state index contributed by atoms with van der Waals surface area (Å²) in [4.78, 5) is 18.5. The van der Waals surface area contributed by atoms with E-state index in [-0.39, 0.29) is 24.1 Å². The van der Waals surface area contributed by atoms with E-state index in [1.165, 1.54) is 4.31 Å². The molecule has 1 amide bonds. The third kappa shape index (κ3) is 4.52. The van der Waals surface area contributed by atoms with Crippen LogP contribution < -0.4 is 15.5 Å². The number of piperazine rings is 1. The van der Waals surface area contributed by atoms with Crippen molar-refractivity contribution in [2.45, 2.75) is 6.92 Å². The number of nitrogens with zero attached hydrogens (tertiary/aromatic N) is 3. The Morgan fingerprint density at radius 2 is 2.04 bits per heavy atom. The quantitative estimate of drug-likeness (QED) is 0.662. The Morgan fingerprint density at radius 3 is 2.62 bits per heavy atom. The maximum atomic E-state index is 12.5. The zero-order valence-corrected chi connectivity index (χ0v) is 15.9. The van der Waals surface area contributed by atoms with Gasteiger partial charge in [0.15, 0.2) is 0 Å². The van der Waals surface area contributed by atoms with Gasteiger partial charge in [-0.1, -0.05) is 13.0 Å². The van der Waals surface area contributed by atoms with E-state index < -0.39 is 10.0 Å². The van der Waals surface area contributed by atoms with Crippen LogP contribution >= 0.6 is 0 Å². The Balaban J connectivity index is 1.43. The van der Waals surface area contributed by atoms with Crippen LogP contribution in [0, 0.1) is 11.8 Å². The number of aromatic nitrogens is 1. The highest BCUT2D eigenvalue weighted by Crippen LogP contribution is 2.16. The number of nitrogens with one attached hydrogen (secondary N) is 2. The number of amides is 1. The van der Waals surface area contributed by atoms with E-state index in [4.69, 9.17) is 0 Å². The highest BCUT2D eigenvalue weighted by Gasteiger charge is 2.30. The molecule has 0 spiro atoms. The van der Waals surface area contributed by atoms with Crippen LogP contribution in [0.5, 0.6) is 0 Å². The standard InChI is InChI=1S/C17H27N5O3S/c1-14(15-12-18-13-15)17(23)20-6-11-26(24,25)22-9-7-21(8-10-22)16-4-2-3-5-19-16/h2-5,14-15,18H,6-13H2,1H3,(H,20,23). The lowest BCUT2D eigenvalue weighted by atomic mass is 9.88. The first kappa shape index (κ1) is 19.1. The van der Waals surface area contributed by atoms with Gasteiger partial charge in [0.05, 0.1) is 5.75 Å². The van der Waals surface area contributed by atoms with Gasteiger partial charge in [-0.3, -0.25) is 4.79 Å². The molecule has 2 N–H and O–H groups in total. The molecule has 26 heavy (non-hydrogen) atoms. The fourth-order valence-corrected chi connectivity index (χ4v) is 4.55. The SMILES string of the molecule is CC(C(=O)NCCS(=O)(=O)N1CCN(c2ccccn2)CC1)C1CNC1. The van der Waals surface area contributed by atoms with E-state index in [9.17, 15) is 13.2 Å². The molecule has 0 aliphatic carbocycles. The average molecular weight is 382 g/mol. The van der Waals surface area contributed by atoms with Crippen LogP contribution in [0.1, 0.15) is 6.92 Å². The summed E-state index contributed by atoms with van der Waals surface area (Å²) >= 11 is 0. The summed E-state index contributed by atoms with van der Waals surface area (Å²) < 4.78 is 26.5. The number of pyridine rings is 1. The first-order valence-electron chi connectivity index (χ1n) is 9.09. The van der Waals surface area contributed by atoms with Crippen LogP contribution in [0.2, 0.25) is 0 Å². The monoisotopic (exact) mass is 381 g/mol. The third-order valence-electron chi connectivity index (χ3n) is 5.20. The fraction of sp³-hybridized carbons (Fsp3) is 0.647. The number of carbonyl (C=O) groups excluding carboxylic acids is 1. The molecule has 0 saturated carbocycles. The number of anilines is 1. The smallest absolute Gasteiger partial charge is 0.223 e. The van der Waals surface area contributed by atoms with Crippen molar-refractivity contribution in [1.82, 2.24) is 19.9 Å². The zero-order chi connectivity index (χ0) is 18.6. The fourth-order valence-electron chi connectivity index (χ4n) is 3.21. The van der Waals surface area contributed by atoms with Gasteiger partial charge in [-0.2, -0.15) is 4.31 Å². The molecule has 1 aromatic heterocycles. The second-order valence-electron chi connectivity index (χ2n) is 6.89. The molecule has 1 atom stereocenters. The summed E-state index contributed by atoms with van der Waals surface area (Å²) in [5.41, 5.74) is 0. The van der Waals surface area contributed by atoms with Crippen molar-refractivity contribution in [1.29, 1.82) is 0 Å². The van der Waals surface area contributed by atoms with E-state index in [2.05, 4.69) is 20.5 Å². The van der Waals surface area contributed by atoms with Crippen molar-refractivity contribution in [3.8, 4) is 0 Å². The summed E-state index contributed by atoms with van der Waals surface area (Å²) in [5.74, 6) is 1.02. The van der Waals surface area contributed by atoms with Gasteiger partial charge in [-0.05, 0) is 31.1 Å². The van der Waals surface area contributed by atoms with Crippen LogP contribution in [0.3, 0.4) is 0 Å². The van der Waals surface area contributed by atoms with Crippen LogP contribution in [-0.4, -0.2) is 75.2 Å². The number of sulfonamides is 1. The zero-order valence-electron chi connectivity index (χ0n) is 15.1. The normalized spacial score (nSPS) is 20.4. The number of rotatable bonds is 7. The maximum absolute atomic E-state index is 12.5. The molecule has 2 aliphatic heterocycles. The van der Waals surface area contributed by atoms with Crippen molar-refractivity contribution in [3.63, 3.8) is 0 Å². The summed E-state index contributed by atoms with van der Waals surface area (Å²) in [7, 11) is -3.36. The Labute approximate surface area is 155 Å². The molecule has 144 valence electrons. The van der Waals surface area contributed by atoms with Crippen LogP contribution in [0.25, 0.3) is 0 Å². The molecule has 2 saturated heterocycles. The van der Waals surface area contributed by atoms with E-state index in [1.807, 2.05) is 25.1 Å². The van der Waals surface area contributed by atoms with Crippen LogP contribution in [0.15, 0.2) is 24.4 Å². The third-order valence-corrected chi connectivity index (χ3v) is 7.07. The average Bonchev–Trinajstić information content (AvgIpc) is 2.61. The Bertz CT molecular complexity index is 700. The second-order valence-corrected chi connectivity index (χ2v) is 8.98. The minimum Gasteiger partial charge on any atom is -0.355 e. The molecule has 1 unspecified atom stereocenters. The maximum Gasteiger partial charge on any atom is 0.223 e. The highest BCUT2D eigenvalue weighted by molar-refractivity contribution is 7.89. The van der Waals surface area contributed by atoms with Gasteiger partial charge in [-0.25, -0.2) is 13.4 Å². The molecule has 2 fully saturated rings. The minimum absolute atomic E-state index is 0.0576. The number of hydrogen-bond acceptors (Lipinski definition) is 6. The summed E-state index contributed by atoms with van der Waals surface area (Å²) in [5, 5.41) is 5.91. The number of hydrogen-bond donors (Lipinski definition) is 2. The van der Waals surface area contributed by atoms with Crippen molar-refractivity contribution in [3.05, 3.63) is 24.4 Å². The summed E-state index contributed by atoms with van der Waals surface area (Å²) in [6, 6.07) is 5.72. The predicted octanol–water partition coefficient (Wildman–Crippen LogP) is -0.495. The molecule has 3 rings (SSSR count). The Hall–Kier alpha value is -1.71. The molecule has 0 bridgehead atoms. The highest BCUT2D eigenvalue weighted by atomic mass is 32.2. The first-order valence-corrected chi connectivity index (χ1v) is 10.7. The van der Waals surface area contributed by atoms with Gasteiger partial charge in [-0.15, -0.1) is 0 Å². The minimum atomic E-state index is -3.36. The van der Waals surface area contributed by atoms with Crippen LogP contribution in [-0.2, 0) is 14.8 Å². The lowest BCUT2D eigenvalue weighted by molar-refractivity contribution is -0.126. The lowest BCUT2D eigenvalue weighted by Crippen LogP contribution is -2.51. The van der Waals surface area contributed by atoms with E-state index in [0.29, 0.717) is 32.1 Å². The largest absolute Gasteiger partial charge is 0.355 e. The summed E-state index contributed by atoms with van der Waals surface area (Å²) in [6.07, 6.45) is 1.74. The van der Waals surface area contributed by atoms with Gasteiger partial charge in [0.25, 0.3) is 0 Å². The van der Waals surface area contributed by atoms with Crippen molar-refractivity contribution in [2.75, 3.05) is 56.5 Å². The molecule has 8 nitrogen and oxygen atoms in total. The molecular formula is C17H27N5O3S. The first-order chi connectivity index (χ1) is 12.5. The van der Waals surface area contributed by atoms with Gasteiger partial charge in [0.2, 0.25) is 15.9 Å². The Morgan fingerprint density at radius 1 is 1.31 bits per heavy atom. The molecule has 1 aromatic rings. The Kier molecular flexibility index (Phi) is 6.10. The predicted molar refractivity (Wildman–Crippen MR) is 100 cm³/mol. The second kappa shape index (κ2) is 8.32. The number of carbonyl (C=O) groups is 1. The molecule has 0 aromatic carbocycles. The van der Waals surface area contributed by atoms with E-state index in [0.717, 1.165) is 18.9 Å². The molecule has 0 radical (unpaired) electrons. The topological polar surface area (TPSA) is 94.6 Å². The lowest BCUT2D eigenvalue weighted by Gasteiger charge is -2.34. The van der Waals surface area contributed by atoms with Crippen molar-refractivity contribution in [2.24, 2.45) is 11.8 Å². The summed E-state index contributed by atoms with van der Waals surface area (Å²) in [6.45, 7) is 5.88. The molecule has 2 aliphatic rings. The molecule has 9 heteroatoms. The van der Waals surface area contributed by atoms with Crippen molar-refractivity contribution < 1.29 is 13.2 Å². The van der Waals surface area contributed by atoms with E-state index >= 15 is 0 Å². The van der Waals surface area contributed by atoms with Crippen LogP contribution in [0.4, 0.5) is 5.82 Å². The van der Waals surface area contributed by atoms with Gasteiger partial charge in [0, 0.05) is 44.8 Å². The van der Waals surface area contributed by atoms with Gasteiger partial charge < -0.3 is 15.5 Å². The molecule has 3 heterocycles. The van der Waals surface area contributed by atoms with E-state index in [1.54, 1.807) is 6.20 Å². The van der Waals surface area contributed by atoms with Crippen molar-refractivity contribution >= 4 is 21.7 Å². The van der Waals surface area contributed by atoms with Gasteiger partial charge >= 0.3 is 0 Å². The molecular weight excluding hydrogens is 354 g/mol. The van der Waals surface area contributed by atoms with Gasteiger partial charge in [0.1, 0.15) is 5.82 Å².